The third-order valence-electron chi connectivity index (χ3n) is 2.52. The van der Waals surface area contributed by atoms with Gasteiger partial charge in [0.25, 0.3) is 0 Å². The number of carbonyl (C=O) groups is 1. The van der Waals surface area contributed by atoms with Gasteiger partial charge in [-0.25, -0.2) is 4.39 Å². The third kappa shape index (κ3) is 2.70. The first-order chi connectivity index (χ1) is 9.56. The van der Waals surface area contributed by atoms with Crippen molar-refractivity contribution in [2.75, 3.05) is 14.2 Å². The van der Waals surface area contributed by atoms with Gasteiger partial charge < -0.3 is 9.47 Å². The molecule has 2 aromatic rings. The van der Waals surface area contributed by atoms with Gasteiger partial charge in [-0.3, -0.25) is 4.79 Å². The Morgan fingerprint density at radius 3 is 2.35 bits per heavy atom. The fourth-order valence-corrected chi connectivity index (χ4v) is 1.81. The average molecular weight is 297 g/mol. The molecule has 1 heterocycles. The summed E-state index contributed by atoms with van der Waals surface area (Å²) in [5.41, 5.74) is 0.252. The molecule has 0 atom stereocenters. The third-order valence-corrected chi connectivity index (χ3v) is 2.79. The first-order valence-corrected chi connectivity index (χ1v) is 5.90. The van der Waals surface area contributed by atoms with Crippen molar-refractivity contribution in [3.63, 3.8) is 0 Å². The number of ether oxygens (including phenoxy) is 2. The van der Waals surface area contributed by atoms with Gasteiger partial charge in [0, 0.05) is 5.56 Å². The molecule has 5 nitrogen and oxygen atoms in total. The van der Waals surface area contributed by atoms with Crippen LogP contribution in [0, 0.1) is 5.82 Å². The second-order valence-electron chi connectivity index (χ2n) is 3.72. The molecule has 0 aliphatic rings. The van der Waals surface area contributed by atoms with E-state index in [-0.39, 0.29) is 28.2 Å². The molecule has 0 amide bonds. The Balaban J connectivity index is 2.51. The summed E-state index contributed by atoms with van der Waals surface area (Å²) < 4.78 is 22.7. The molecule has 7 heteroatoms. The number of hydrogen-bond acceptors (Lipinski definition) is 5. The Labute approximate surface area is 119 Å². The summed E-state index contributed by atoms with van der Waals surface area (Å²) in [4.78, 5) is 20.1. The molecule has 0 fully saturated rings. The van der Waals surface area contributed by atoms with E-state index in [1.165, 1.54) is 38.5 Å². The lowest BCUT2D eigenvalue weighted by atomic mass is 10.1. The van der Waals surface area contributed by atoms with Gasteiger partial charge in [-0.15, -0.1) is 0 Å². The minimum atomic E-state index is -0.463. The molecule has 2 rings (SSSR count). The molecule has 104 valence electrons. The molecular weight excluding hydrogens is 287 g/mol. The van der Waals surface area contributed by atoms with E-state index in [0.29, 0.717) is 0 Å². The quantitative estimate of drug-likeness (QED) is 0.641. The van der Waals surface area contributed by atoms with Crippen molar-refractivity contribution in [2.45, 2.75) is 0 Å². The highest BCUT2D eigenvalue weighted by Gasteiger charge is 2.22. The van der Waals surface area contributed by atoms with E-state index in [2.05, 4.69) is 9.97 Å². The molecule has 0 bridgehead atoms. The predicted octanol–water partition coefficient (Wildman–Crippen LogP) is 2.52. The monoisotopic (exact) mass is 296 g/mol. The smallest absolute Gasteiger partial charge is 0.320 e. The van der Waals surface area contributed by atoms with Gasteiger partial charge in [-0.05, 0) is 24.3 Å². The van der Waals surface area contributed by atoms with Crippen molar-refractivity contribution >= 4 is 17.4 Å². The zero-order valence-electron chi connectivity index (χ0n) is 10.7. The van der Waals surface area contributed by atoms with Crippen LogP contribution in [0.25, 0.3) is 0 Å². The van der Waals surface area contributed by atoms with E-state index in [0.717, 1.165) is 0 Å². The molecule has 1 aromatic carbocycles. The highest BCUT2D eigenvalue weighted by Crippen LogP contribution is 2.28. The van der Waals surface area contributed by atoms with Crippen LogP contribution in [0.3, 0.4) is 0 Å². The fraction of sp³-hybridized carbons (Fsp3) is 0.154. The van der Waals surface area contributed by atoms with Crippen molar-refractivity contribution in [1.82, 2.24) is 9.97 Å². The van der Waals surface area contributed by atoms with Crippen molar-refractivity contribution in [3.8, 4) is 11.9 Å². The summed E-state index contributed by atoms with van der Waals surface area (Å²) in [5.74, 6) is -0.906. The largest absolute Gasteiger partial charge is 0.480 e. The summed E-state index contributed by atoms with van der Waals surface area (Å²) in [5, 5.41) is -0.0944. The second kappa shape index (κ2) is 5.83. The molecule has 0 aliphatic carbocycles. The van der Waals surface area contributed by atoms with E-state index in [1.807, 2.05) is 0 Å². The molecule has 0 saturated heterocycles. The van der Waals surface area contributed by atoms with E-state index < -0.39 is 11.6 Å². The summed E-state index contributed by atoms with van der Waals surface area (Å²) in [6.45, 7) is 0. The molecule has 20 heavy (non-hydrogen) atoms. The number of methoxy groups -OCH3 is 2. The van der Waals surface area contributed by atoms with Crippen LogP contribution in [0.1, 0.15) is 15.9 Å². The van der Waals surface area contributed by atoms with Gasteiger partial charge in [0.1, 0.15) is 11.4 Å². The number of benzene rings is 1. The topological polar surface area (TPSA) is 61.3 Å². The van der Waals surface area contributed by atoms with Gasteiger partial charge in [0.05, 0.1) is 14.2 Å². The van der Waals surface area contributed by atoms with Gasteiger partial charge >= 0.3 is 6.01 Å². The van der Waals surface area contributed by atoms with Gasteiger partial charge in [0.15, 0.2) is 5.15 Å². The number of rotatable bonds is 4. The molecule has 0 aliphatic heterocycles. The maximum Gasteiger partial charge on any atom is 0.320 e. The highest BCUT2D eigenvalue weighted by atomic mass is 35.5. The van der Waals surface area contributed by atoms with Crippen LogP contribution in [0.2, 0.25) is 5.15 Å². The molecule has 1 aromatic heterocycles. The van der Waals surface area contributed by atoms with Crippen molar-refractivity contribution < 1.29 is 18.7 Å². The summed E-state index contributed by atoms with van der Waals surface area (Å²) in [6.07, 6.45) is 0. The lowest BCUT2D eigenvalue weighted by Gasteiger charge is -2.09. The number of carbonyl (C=O) groups excluding carboxylic acids is 1. The van der Waals surface area contributed by atoms with Crippen LogP contribution in [-0.2, 0) is 0 Å². The highest BCUT2D eigenvalue weighted by molar-refractivity contribution is 6.34. The molecule has 0 radical (unpaired) electrons. The van der Waals surface area contributed by atoms with Crippen LogP contribution in [-0.4, -0.2) is 30.0 Å². The zero-order chi connectivity index (χ0) is 14.7. The standard InChI is InChI=1S/C13H10ClFN2O3/c1-19-12-9(11(14)16-13(17-12)20-2)10(18)7-3-5-8(15)6-4-7/h3-6H,1-2H3. The van der Waals surface area contributed by atoms with E-state index in [4.69, 9.17) is 21.1 Å². The summed E-state index contributed by atoms with van der Waals surface area (Å²) in [6, 6.07) is 5.04. The lowest BCUT2D eigenvalue weighted by molar-refractivity contribution is 0.103. The number of halogens is 2. The molecule has 0 saturated carbocycles. The van der Waals surface area contributed by atoms with Crippen molar-refractivity contribution in [2.24, 2.45) is 0 Å². The Morgan fingerprint density at radius 2 is 1.80 bits per heavy atom. The normalized spacial score (nSPS) is 10.2. The minimum Gasteiger partial charge on any atom is -0.480 e. The Hall–Kier alpha value is -2.21. The van der Waals surface area contributed by atoms with Crippen LogP contribution in [0.4, 0.5) is 4.39 Å². The SMILES string of the molecule is COc1nc(Cl)c(C(=O)c2ccc(F)cc2)c(OC)n1. The van der Waals surface area contributed by atoms with E-state index in [9.17, 15) is 9.18 Å². The molecule has 0 unspecified atom stereocenters. The number of nitrogens with zero attached hydrogens (tertiary/aromatic N) is 2. The number of hydrogen-bond donors (Lipinski definition) is 0. The predicted molar refractivity (Wildman–Crippen MR) is 70.0 cm³/mol. The van der Waals surface area contributed by atoms with Crippen molar-refractivity contribution in [1.29, 1.82) is 0 Å². The van der Waals surface area contributed by atoms with Gasteiger partial charge in [0.2, 0.25) is 11.7 Å². The number of aromatic nitrogens is 2. The first kappa shape index (κ1) is 14.2. The van der Waals surface area contributed by atoms with Crippen LogP contribution >= 0.6 is 11.6 Å². The first-order valence-electron chi connectivity index (χ1n) is 5.52. The average Bonchev–Trinajstić information content (AvgIpc) is 2.46. The lowest BCUT2D eigenvalue weighted by Crippen LogP contribution is -2.09. The fourth-order valence-electron chi connectivity index (χ4n) is 1.57. The molecule has 0 spiro atoms. The Bertz CT molecular complexity index is 647. The molecule has 0 N–H and O–H groups in total. The van der Waals surface area contributed by atoms with Gasteiger partial charge in [-0.1, -0.05) is 11.6 Å². The zero-order valence-corrected chi connectivity index (χ0v) is 11.4. The Kier molecular flexibility index (Phi) is 4.14. The minimum absolute atomic E-state index is 0.00146. The maximum absolute atomic E-state index is 12.9. The summed E-state index contributed by atoms with van der Waals surface area (Å²) in [7, 11) is 2.71. The van der Waals surface area contributed by atoms with Crippen LogP contribution < -0.4 is 9.47 Å². The molecular formula is C13H10ClFN2O3. The van der Waals surface area contributed by atoms with Crippen LogP contribution in [0.15, 0.2) is 24.3 Å². The Morgan fingerprint density at radius 1 is 1.15 bits per heavy atom. The van der Waals surface area contributed by atoms with Gasteiger partial charge in [-0.2, -0.15) is 9.97 Å². The van der Waals surface area contributed by atoms with Crippen molar-refractivity contribution in [3.05, 3.63) is 46.4 Å². The second-order valence-corrected chi connectivity index (χ2v) is 4.08. The van der Waals surface area contributed by atoms with E-state index in [1.54, 1.807) is 0 Å². The van der Waals surface area contributed by atoms with Crippen LogP contribution in [0.5, 0.6) is 11.9 Å². The summed E-state index contributed by atoms with van der Waals surface area (Å²) >= 11 is 5.96. The van der Waals surface area contributed by atoms with E-state index >= 15 is 0 Å². The number of ketones is 1. The maximum atomic E-state index is 12.9.